The largest absolute Gasteiger partial charge is 0.493 e. The maximum atomic E-state index is 13.0. The molecule has 158 valence electrons. The number of nitrogens with one attached hydrogen (secondary N) is 1. The lowest BCUT2D eigenvalue weighted by Crippen LogP contribution is -2.27. The lowest BCUT2D eigenvalue weighted by atomic mass is 10.1. The van der Waals surface area contributed by atoms with E-state index < -0.39 is 5.97 Å². The fraction of sp³-hybridized carbons (Fsp3) is 0.429. The van der Waals surface area contributed by atoms with Crippen molar-refractivity contribution < 1.29 is 28.5 Å². The number of hydrogen-bond acceptors (Lipinski definition) is 6. The molecule has 0 aliphatic rings. The number of para-hydroxylation sites is 1. The van der Waals surface area contributed by atoms with Gasteiger partial charge in [0.05, 0.1) is 26.4 Å². The van der Waals surface area contributed by atoms with E-state index in [1.54, 1.807) is 46.1 Å². The molecule has 2 rings (SSSR count). The molecule has 2 aromatic rings. The molecule has 1 heterocycles. The van der Waals surface area contributed by atoms with Gasteiger partial charge in [-0.3, -0.25) is 4.79 Å². The maximum absolute atomic E-state index is 13.0. The zero-order valence-electron chi connectivity index (χ0n) is 17.8. The number of ether oxygens (including phenoxy) is 4. The van der Waals surface area contributed by atoms with Gasteiger partial charge in [0.15, 0.2) is 11.5 Å². The van der Waals surface area contributed by atoms with Gasteiger partial charge in [0.25, 0.3) is 5.91 Å². The molecular weight excluding hydrogens is 376 g/mol. The number of amides is 1. The summed E-state index contributed by atoms with van der Waals surface area (Å²) in [4.78, 5) is 30.0. The number of aryl methyl sites for hydroxylation is 1. The van der Waals surface area contributed by atoms with Gasteiger partial charge >= 0.3 is 5.97 Å². The molecule has 29 heavy (non-hydrogen) atoms. The first-order valence-electron chi connectivity index (χ1n) is 9.16. The third-order valence-electron chi connectivity index (χ3n) is 4.61. The second-order valence-corrected chi connectivity index (χ2v) is 6.57. The second kappa shape index (κ2) is 9.97. The number of aromatic amines is 1. The minimum atomic E-state index is -0.482. The number of hydrogen-bond donors (Lipinski definition) is 1. The van der Waals surface area contributed by atoms with E-state index in [2.05, 4.69) is 4.98 Å². The van der Waals surface area contributed by atoms with Gasteiger partial charge in [-0.15, -0.1) is 0 Å². The Balaban J connectivity index is 2.22. The molecule has 0 bridgehead atoms. The molecule has 0 aliphatic heterocycles. The van der Waals surface area contributed by atoms with Crippen molar-refractivity contribution in [2.75, 3.05) is 41.6 Å². The average Bonchev–Trinajstić information content (AvgIpc) is 3.01. The van der Waals surface area contributed by atoms with Gasteiger partial charge in [-0.2, -0.15) is 0 Å². The van der Waals surface area contributed by atoms with E-state index in [1.807, 2.05) is 12.1 Å². The van der Waals surface area contributed by atoms with E-state index in [0.29, 0.717) is 47.2 Å². The number of benzene rings is 1. The fourth-order valence-corrected chi connectivity index (χ4v) is 3.16. The molecule has 0 saturated heterocycles. The number of methoxy groups -OCH3 is 3. The minimum absolute atomic E-state index is 0.151. The first kappa shape index (κ1) is 22.3. The molecule has 0 atom stereocenters. The van der Waals surface area contributed by atoms with Crippen molar-refractivity contribution in [2.24, 2.45) is 0 Å². The molecule has 1 N–H and O–H groups in total. The summed E-state index contributed by atoms with van der Waals surface area (Å²) < 4.78 is 20.8. The predicted octanol–water partition coefficient (Wildman–Crippen LogP) is 2.72. The van der Waals surface area contributed by atoms with Crippen molar-refractivity contribution in [1.29, 1.82) is 0 Å². The molecular formula is C21H28N2O6. The number of carbonyl (C=O) groups excluding carboxylic acids is 2. The summed E-state index contributed by atoms with van der Waals surface area (Å²) in [5.74, 6) is 0.450. The number of nitrogens with zero attached hydrogens (tertiary/aromatic N) is 1. The zero-order valence-corrected chi connectivity index (χ0v) is 17.8. The fourth-order valence-electron chi connectivity index (χ4n) is 3.16. The number of rotatable bonds is 9. The van der Waals surface area contributed by atoms with Gasteiger partial charge in [0.2, 0.25) is 0 Å². The molecule has 0 saturated carbocycles. The van der Waals surface area contributed by atoms with Crippen molar-refractivity contribution in [3.63, 3.8) is 0 Å². The molecule has 0 aliphatic carbocycles. The smallest absolute Gasteiger partial charge is 0.340 e. The molecule has 0 fully saturated rings. The first-order valence-corrected chi connectivity index (χ1v) is 9.16. The van der Waals surface area contributed by atoms with Crippen LogP contribution in [0.25, 0.3) is 0 Å². The van der Waals surface area contributed by atoms with Crippen molar-refractivity contribution in [2.45, 2.75) is 20.4 Å². The summed E-state index contributed by atoms with van der Waals surface area (Å²) in [7, 11) is 6.34. The zero-order chi connectivity index (χ0) is 21.6. The van der Waals surface area contributed by atoms with E-state index in [1.165, 1.54) is 7.11 Å². The summed E-state index contributed by atoms with van der Waals surface area (Å²) >= 11 is 0. The molecule has 8 heteroatoms. The molecule has 1 aromatic heterocycles. The van der Waals surface area contributed by atoms with Crippen LogP contribution in [0.15, 0.2) is 18.2 Å². The Labute approximate surface area is 170 Å². The SMILES string of the molecule is COCCOC(=O)c1c(C)[nH]c(C(=O)N(C)Cc2cccc(OC)c2OC)c1C. The lowest BCUT2D eigenvalue weighted by molar-refractivity contribution is 0.0387. The Morgan fingerprint density at radius 3 is 2.41 bits per heavy atom. The quantitative estimate of drug-likeness (QED) is 0.511. The number of H-pyrrole nitrogens is 1. The molecule has 0 radical (unpaired) electrons. The van der Waals surface area contributed by atoms with E-state index >= 15 is 0 Å². The van der Waals surface area contributed by atoms with Crippen LogP contribution < -0.4 is 9.47 Å². The standard InChI is InChI=1S/C21H28N2O6/c1-13-17(21(25)29-11-10-26-4)14(2)22-18(13)20(24)23(3)12-15-8-7-9-16(27-5)19(15)28-6/h7-9,22H,10-12H2,1-6H3. The van der Waals surface area contributed by atoms with Crippen LogP contribution in [0, 0.1) is 13.8 Å². The van der Waals surface area contributed by atoms with Gasteiger partial charge in [0, 0.05) is 32.0 Å². The summed E-state index contributed by atoms with van der Waals surface area (Å²) in [6, 6.07) is 5.51. The van der Waals surface area contributed by atoms with Crippen molar-refractivity contribution in [3.8, 4) is 11.5 Å². The van der Waals surface area contributed by atoms with Gasteiger partial charge in [-0.1, -0.05) is 12.1 Å². The van der Waals surface area contributed by atoms with Crippen molar-refractivity contribution >= 4 is 11.9 Å². The van der Waals surface area contributed by atoms with Crippen LogP contribution in [0.4, 0.5) is 0 Å². The van der Waals surface area contributed by atoms with Gasteiger partial charge < -0.3 is 28.8 Å². The van der Waals surface area contributed by atoms with Crippen LogP contribution in [-0.2, 0) is 16.0 Å². The monoisotopic (exact) mass is 404 g/mol. The van der Waals surface area contributed by atoms with Gasteiger partial charge in [-0.05, 0) is 25.5 Å². The third-order valence-corrected chi connectivity index (χ3v) is 4.61. The van der Waals surface area contributed by atoms with E-state index in [4.69, 9.17) is 18.9 Å². The van der Waals surface area contributed by atoms with Crippen LogP contribution in [0.5, 0.6) is 11.5 Å². The van der Waals surface area contributed by atoms with Crippen LogP contribution in [0.1, 0.15) is 37.7 Å². The summed E-state index contributed by atoms with van der Waals surface area (Å²) in [5, 5.41) is 0. The number of carbonyl (C=O) groups is 2. The van der Waals surface area contributed by atoms with Gasteiger partial charge in [-0.25, -0.2) is 4.79 Å². The topological polar surface area (TPSA) is 90.1 Å². The Morgan fingerprint density at radius 2 is 1.79 bits per heavy atom. The highest BCUT2D eigenvalue weighted by molar-refractivity contribution is 6.00. The Hall–Kier alpha value is -3.00. The van der Waals surface area contributed by atoms with Crippen LogP contribution in [-0.4, -0.2) is 63.4 Å². The van der Waals surface area contributed by atoms with E-state index in [9.17, 15) is 9.59 Å². The molecule has 1 amide bonds. The van der Waals surface area contributed by atoms with Crippen LogP contribution in [0.3, 0.4) is 0 Å². The Kier molecular flexibility index (Phi) is 7.67. The van der Waals surface area contributed by atoms with Gasteiger partial charge in [0.1, 0.15) is 12.3 Å². The summed E-state index contributed by atoms with van der Waals surface area (Å²) in [6.07, 6.45) is 0. The number of aromatic nitrogens is 1. The van der Waals surface area contributed by atoms with Crippen LogP contribution >= 0.6 is 0 Å². The highest BCUT2D eigenvalue weighted by atomic mass is 16.6. The summed E-state index contributed by atoms with van der Waals surface area (Å²) in [6.45, 7) is 4.24. The van der Waals surface area contributed by atoms with Crippen molar-refractivity contribution in [1.82, 2.24) is 9.88 Å². The Morgan fingerprint density at radius 1 is 1.07 bits per heavy atom. The maximum Gasteiger partial charge on any atom is 0.340 e. The first-order chi connectivity index (χ1) is 13.8. The Bertz CT molecular complexity index is 874. The highest BCUT2D eigenvalue weighted by Crippen LogP contribution is 2.31. The minimum Gasteiger partial charge on any atom is -0.493 e. The lowest BCUT2D eigenvalue weighted by Gasteiger charge is -2.20. The summed E-state index contributed by atoms with van der Waals surface area (Å²) in [5.41, 5.74) is 2.67. The second-order valence-electron chi connectivity index (χ2n) is 6.57. The van der Waals surface area contributed by atoms with E-state index in [0.717, 1.165) is 5.56 Å². The highest BCUT2D eigenvalue weighted by Gasteiger charge is 2.25. The average molecular weight is 404 g/mol. The molecule has 0 spiro atoms. The molecule has 0 unspecified atom stereocenters. The predicted molar refractivity (Wildman–Crippen MR) is 108 cm³/mol. The van der Waals surface area contributed by atoms with Crippen molar-refractivity contribution in [3.05, 3.63) is 46.3 Å². The molecule has 8 nitrogen and oxygen atoms in total. The number of esters is 1. The van der Waals surface area contributed by atoms with Crippen LogP contribution in [0.2, 0.25) is 0 Å². The van der Waals surface area contributed by atoms with E-state index in [-0.39, 0.29) is 12.5 Å². The third kappa shape index (κ3) is 4.89. The normalized spacial score (nSPS) is 10.6. The molecule has 1 aromatic carbocycles.